The minimum atomic E-state index is -1.06. The number of nitrogens with one attached hydrogen (secondary N) is 1. The first-order valence-corrected chi connectivity index (χ1v) is 8.24. The van der Waals surface area contributed by atoms with Crippen molar-refractivity contribution in [2.75, 3.05) is 6.61 Å². The van der Waals surface area contributed by atoms with Crippen LogP contribution in [0.4, 0.5) is 4.79 Å². The molecule has 21 heavy (non-hydrogen) atoms. The molecule has 0 aliphatic heterocycles. The zero-order chi connectivity index (χ0) is 15.9. The van der Waals surface area contributed by atoms with Crippen LogP contribution < -0.4 is 5.32 Å². The highest BCUT2D eigenvalue weighted by atomic mass is 16.5. The molecule has 1 amide bonds. The molecule has 124 valence electrons. The van der Waals surface area contributed by atoms with E-state index in [4.69, 9.17) is 9.84 Å². The second-order valence-electron chi connectivity index (χ2n) is 5.52. The number of hydrogen-bond donors (Lipinski definition) is 2. The summed E-state index contributed by atoms with van der Waals surface area (Å²) in [6.07, 6.45) is 11.6. The highest BCUT2D eigenvalue weighted by Gasteiger charge is 2.14. The number of carboxylic acids is 1. The van der Waals surface area contributed by atoms with E-state index in [9.17, 15) is 9.59 Å². The Hall–Kier alpha value is -1.26. The minimum absolute atomic E-state index is 0.356. The lowest BCUT2D eigenvalue weighted by Gasteiger charge is -2.09. The number of carbonyl (C=O) groups is 2. The molecule has 2 N–H and O–H groups in total. The Balaban J connectivity index is 3.25. The van der Waals surface area contributed by atoms with Crippen LogP contribution in [-0.2, 0) is 9.53 Å². The average molecular weight is 301 g/mol. The van der Waals surface area contributed by atoms with Gasteiger partial charge in [0.05, 0.1) is 6.61 Å². The van der Waals surface area contributed by atoms with Gasteiger partial charge in [0.25, 0.3) is 0 Å². The monoisotopic (exact) mass is 301 g/mol. The van der Waals surface area contributed by atoms with Crippen molar-refractivity contribution in [3.63, 3.8) is 0 Å². The zero-order valence-corrected chi connectivity index (χ0v) is 13.5. The van der Waals surface area contributed by atoms with E-state index in [1.165, 1.54) is 58.3 Å². The molecule has 0 heterocycles. The maximum Gasteiger partial charge on any atom is 0.407 e. The van der Waals surface area contributed by atoms with Crippen LogP contribution in [0.15, 0.2) is 0 Å². The van der Waals surface area contributed by atoms with Crippen LogP contribution in [-0.4, -0.2) is 29.8 Å². The molecule has 5 heteroatoms. The fourth-order valence-electron chi connectivity index (χ4n) is 2.03. The highest BCUT2D eigenvalue weighted by molar-refractivity contribution is 5.79. The van der Waals surface area contributed by atoms with Gasteiger partial charge < -0.3 is 15.2 Å². The largest absolute Gasteiger partial charge is 0.480 e. The second kappa shape index (κ2) is 13.7. The molecule has 0 aliphatic rings. The first kappa shape index (κ1) is 19.7. The summed E-state index contributed by atoms with van der Waals surface area (Å²) in [4.78, 5) is 21.7. The summed E-state index contributed by atoms with van der Waals surface area (Å²) in [5.41, 5.74) is 0. The molecule has 0 saturated heterocycles. The lowest BCUT2D eigenvalue weighted by Crippen LogP contribution is -2.38. The first-order chi connectivity index (χ1) is 10.1. The molecule has 0 aromatic heterocycles. The predicted octanol–water partition coefficient (Wildman–Crippen LogP) is 4.11. The number of alkyl carbamates (subject to hydrolysis) is 1. The van der Waals surface area contributed by atoms with Crippen molar-refractivity contribution < 1.29 is 19.4 Å². The van der Waals surface area contributed by atoms with E-state index >= 15 is 0 Å². The summed E-state index contributed by atoms with van der Waals surface area (Å²) in [5.74, 6) is -1.06. The predicted molar refractivity (Wildman–Crippen MR) is 83.4 cm³/mol. The standard InChI is InChI=1S/C16H31NO4/c1-3-4-5-6-7-8-9-10-11-12-13-21-16(20)17-14(2)15(18)19/h14H,3-13H2,1-2H3,(H,17,20)(H,18,19). The third kappa shape index (κ3) is 13.5. The van der Waals surface area contributed by atoms with Gasteiger partial charge in [0.15, 0.2) is 0 Å². The quantitative estimate of drug-likeness (QED) is 0.502. The summed E-state index contributed by atoms with van der Waals surface area (Å²) >= 11 is 0. The molecule has 0 fully saturated rings. The highest BCUT2D eigenvalue weighted by Crippen LogP contribution is 2.10. The van der Waals surface area contributed by atoms with Gasteiger partial charge in [0, 0.05) is 0 Å². The Labute approximate surface area is 128 Å². The van der Waals surface area contributed by atoms with E-state index in [2.05, 4.69) is 12.2 Å². The average Bonchev–Trinajstić information content (AvgIpc) is 2.44. The Kier molecular flexibility index (Phi) is 12.9. The number of unbranched alkanes of at least 4 members (excludes halogenated alkanes) is 9. The van der Waals surface area contributed by atoms with Crippen molar-refractivity contribution in [2.45, 2.75) is 84.1 Å². The maximum atomic E-state index is 11.2. The van der Waals surface area contributed by atoms with Gasteiger partial charge in [-0.2, -0.15) is 0 Å². The van der Waals surface area contributed by atoms with Gasteiger partial charge in [-0.3, -0.25) is 4.79 Å². The molecule has 0 bridgehead atoms. The van der Waals surface area contributed by atoms with Crippen LogP contribution in [0.3, 0.4) is 0 Å². The molecule has 0 rings (SSSR count). The molecular weight excluding hydrogens is 270 g/mol. The van der Waals surface area contributed by atoms with Crippen LogP contribution >= 0.6 is 0 Å². The fourth-order valence-corrected chi connectivity index (χ4v) is 2.03. The number of carboxylic acid groups (broad SMARTS) is 1. The van der Waals surface area contributed by atoms with E-state index in [-0.39, 0.29) is 0 Å². The number of amides is 1. The Morgan fingerprint density at radius 1 is 0.952 bits per heavy atom. The van der Waals surface area contributed by atoms with Crippen LogP contribution in [0.25, 0.3) is 0 Å². The van der Waals surface area contributed by atoms with Gasteiger partial charge in [-0.05, 0) is 13.3 Å². The summed E-state index contributed by atoms with van der Waals surface area (Å²) in [6.45, 7) is 3.99. The van der Waals surface area contributed by atoms with Crippen molar-refractivity contribution in [1.82, 2.24) is 5.32 Å². The molecule has 1 atom stereocenters. The van der Waals surface area contributed by atoms with Crippen molar-refractivity contribution in [2.24, 2.45) is 0 Å². The topological polar surface area (TPSA) is 75.6 Å². The number of ether oxygens (including phenoxy) is 1. The molecule has 0 aromatic rings. The smallest absolute Gasteiger partial charge is 0.407 e. The third-order valence-corrected chi connectivity index (χ3v) is 3.44. The summed E-state index contributed by atoms with van der Waals surface area (Å²) in [7, 11) is 0. The Morgan fingerprint density at radius 2 is 1.43 bits per heavy atom. The fraction of sp³-hybridized carbons (Fsp3) is 0.875. The molecule has 0 radical (unpaired) electrons. The molecular formula is C16H31NO4. The molecule has 0 saturated carbocycles. The molecule has 0 spiro atoms. The van der Waals surface area contributed by atoms with E-state index in [0.29, 0.717) is 6.61 Å². The van der Waals surface area contributed by atoms with Gasteiger partial charge in [-0.15, -0.1) is 0 Å². The van der Waals surface area contributed by atoms with Gasteiger partial charge in [0.1, 0.15) is 6.04 Å². The summed E-state index contributed by atoms with van der Waals surface area (Å²) in [5, 5.41) is 10.9. The molecule has 5 nitrogen and oxygen atoms in total. The number of hydrogen-bond acceptors (Lipinski definition) is 3. The van der Waals surface area contributed by atoms with Crippen molar-refractivity contribution >= 4 is 12.1 Å². The van der Waals surface area contributed by atoms with Gasteiger partial charge in [-0.1, -0.05) is 64.7 Å². The van der Waals surface area contributed by atoms with E-state index < -0.39 is 18.1 Å². The molecule has 0 aromatic carbocycles. The number of aliphatic carboxylic acids is 1. The van der Waals surface area contributed by atoms with Crippen LogP contribution in [0, 0.1) is 0 Å². The van der Waals surface area contributed by atoms with E-state index in [1.54, 1.807) is 0 Å². The van der Waals surface area contributed by atoms with Crippen LogP contribution in [0.2, 0.25) is 0 Å². The van der Waals surface area contributed by atoms with Crippen molar-refractivity contribution in [1.29, 1.82) is 0 Å². The Morgan fingerprint density at radius 3 is 1.90 bits per heavy atom. The first-order valence-electron chi connectivity index (χ1n) is 8.24. The van der Waals surface area contributed by atoms with Crippen molar-refractivity contribution in [3.8, 4) is 0 Å². The minimum Gasteiger partial charge on any atom is -0.480 e. The lowest BCUT2D eigenvalue weighted by molar-refractivity contribution is -0.138. The molecule has 0 aliphatic carbocycles. The van der Waals surface area contributed by atoms with E-state index in [1.807, 2.05) is 0 Å². The van der Waals surface area contributed by atoms with Crippen LogP contribution in [0.1, 0.15) is 78.1 Å². The SMILES string of the molecule is CCCCCCCCCCCCOC(=O)NC(C)C(=O)O. The van der Waals surface area contributed by atoms with Crippen molar-refractivity contribution in [3.05, 3.63) is 0 Å². The second-order valence-corrected chi connectivity index (χ2v) is 5.52. The lowest BCUT2D eigenvalue weighted by atomic mass is 10.1. The van der Waals surface area contributed by atoms with E-state index in [0.717, 1.165) is 12.8 Å². The third-order valence-electron chi connectivity index (χ3n) is 3.44. The Bertz CT molecular complexity index is 281. The van der Waals surface area contributed by atoms with Crippen LogP contribution in [0.5, 0.6) is 0 Å². The van der Waals surface area contributed by atoms with Gasteiger partial charge >= 0.3 is 12.1 Å². The summed E-state index contributed by atoms with van der Waals surface area (Å²) in [6, 6.07) is -0.912. The summed E-state index contributed by atoms with van der Waals surface area (Å²) < 4.78 is 4.92. The van der Waals surface area contributed by atoms with Gasteiger partial charge in [-0.25, -0.2) is 4.79 Å². The van der Waals surface area contributed by atoms with Gasteiger partial charge in [0.2, 0.25) is 0 Å². The molecule has 1 unspecified atom stereocenters. The maximum absolute atomic E-state index is 11.2. The number of carbonyl (C=O) groups excluding carboxylic acids is 1. The normalized spacial score (nSPS) is 11.9. The zero-order valence-electron chi connectivity index (χ0n) is 13.5. The number of rotatable bonds is 13.